The number of benzene rings is 1. The minimum atomic E-state index is -2.84. The normalized spacial score (nSPS) is 11.4. The molecule has 5 aromatic rings. The number of rotatable bonds is 7. The van der Waals surface area contributed by atoms with Gasteiger partial charge in [-0.3, -0.25) is 14.3 Å². The molecule has 0 saturated carbocycles. The number of primary amides is 1. The lowest BCUT2D eigenvalue weighted by molar-refractivity contribution is 0.0994. The van der Waals surface area contributed by atoms with Crippen molar-refractivity contribution in [1.29, 1.82) is 0 Å². The molecule has 12 heteroatoms. The number of aromatic nitrogens is 3. The Morgan fingerprint density at radius 3 is 2.55 bits per heavy atom. The maximum Gasteiger partial charge on any atom is 0.291 e. The summed E-state index contributed by atoms with van der Waals surface area (Å²) in [5.41, 5.74) is 7.65. The summed E-state index contributed by atoms with van der Waals surface area (Å²) in [5.74, 6) is -1.05. The quantitative estimate of drug-likeness (QED) is 0.242. The Bertz CT molecular complexity index is 1690. The molecular formula is C26H20ClF2N5O3S. The second-order valence-electron chi connectivity index (χ2n) is 8.47. The minimum Gasteiger partial charge on any atom is -0.454 e. The Hall–Kier alpha value is -4.09. The molecule has 5 rings (SSSR count). The summed E-state index contributed by atoms with van der Waals surface area (Å²) in [5, 5.41) is 7.94. The van der Waals surface area contributed by atoms with E-state index in [9.17, 15) is 18.4 Å². The summed E-state index contributed by atoms with van der Waals surface area (Å²) in [6.45, 7) is 3.86. The highest BCUT2D eigenvalue weighted by molar-refractivity contribution is 7.21. The smallest absolute Gasteiger partial charge is 0.291 e. The Labute approximate surface area is 224 Å². The first-order valence-corrected chi connectivity index (χ1v) is 12.5. The molecule has 0 spiro atoms. The van der Waals surface area contributed by atoms with Gasteiger partial charge in [0, 0.05) is 5.39 Å². The summed E-state index contributed by atoms with van der Waals surface area (Å²) < 4.78 is 34.7. The first-order chi connectivity index (χ1) is 18.1. The lowest BCUT2D eigenvalue weighted by Crippen LogP contribution is -2.16. The number of amides is 2. The van der Waals surface area contributed by atoms with Crippen LogP contribution in [0.15, 0.2) is 52.9 Å². The third-order valence-electron chi connectivity index (χ3n) is 5.94. The van der Waals surface area contributed by atoms with Gasteiger partial charge in [-0.05, 0) is 43.2 Å². The van der Waals surface area contributed by atoms with E-state index in [1.165, 1.54) is 12.1 Å². The summed E-state index contributed by atoms with van der Waals surface area (Å²) in [7, 11) is 0. The number of halogens is 3. The summed E-state index contributed by atoms with van der Waals surface area (Å²) in [4.78, 5) is 29.7. The highest BCUT2D eigenvalue weighted by Crippen LogP contribution is 2.42. The summed E-state index contributed by atoms with van der Waals surface area (Å²) >= 11 is 7.04. The van der Waals surface area contributed by atoms with Crippen molar-refractivity contribution in [1.82, 2.24) is 14.8 Å². The van der Waals surface area contributed by atoms with Crippen molar-refractivity contribution < 1.29 is 22.8 Å². The molecule has 0 atom stereocenters. The standard InChI is InChI=1S/C26H20ClF2N5O3S/c1-12-20(27)13(2)34(33-12)11-15-8-9-18(37-15)25(36)32-21-19-16(14-6-4-3-5-7-14)10-17(23(28)29)31-26(19)38-22(21)24(30)35/h3-10,23H,11H2,1-2H3,(H2,30,35)(H,32,36). The summed E-state index contributed by atoms with van der Waals surface area (Å²) in [6, 6.07) is 13.1. The van der Waals surface area contributed by atoms with Crippen LogP contribution in [-0.2, 0) is 6.54 Å². The highest BCUT2D eigenvalue weighted by atomic mass is 35.5. The minimum absolute atomic E-state index is 0.0199. The van der Waals surface area contributed by atoms with Crippen molar-refractivity contribution in [2.45, 2.75) is 26.8 Å². The maximum atomic E-state index is 13.6. The van der Waals surface area contributed by atoms with Crippen molar-refractivity contribution in [3.05, 3.63) is 87.0 Å². The molecule has 38 heavy (non-hydrogen) atoms. The van der Waals surface area contributed by atoms with E-state index in [-0.39, 0.29) is 27.7 Å². The van der Waals surface area contributed by atoms with E-state index in [4.69, 9.17) is 21.8 Å². The first kappa shape index (κ1) is 25.6. The van der Waals surface area contributed by atoms with E-state index in [0.29, 0.717) is 33.0 Å². The molecule has 0 aliphatic carbocycles. The van der Waals surface area contributed by atoms with Crippen LogP contribution >= 0.6 is 22.9 Å². The van der Waals surface area contributed by atoms with Gasteiger partial charge in [0.25, 0.3) is 18.2 Å². The molecule has 0 unspecified atom stereocenters. The van der Waals surface area contributed by atoms with Crippen molar-refractivity contribution in [2.24, 2.45) is 5.73 Å². The SMILES string of the molecule is Cc1nn(Cc2ccc(C(=O)Nc3c(C(N)=O)sc4nc(C(F)F)cc(-c5ccccc5)c34)o2)c(C)c1Cl. The lowest BCUT2D eigenvalue weighted by Gasteiger charge is -2.10. The molecule has 194 valence electrons. The highest BCUT2D eigenvalue weighted by Gasteiger charge is 2.26. The number of alkyl halides is 2. The number of nitrogens with one attached hydrogen (secondary N) is 1. The molecule has 0 radical (unpaired) electrons. The van der Waals surface area contributed by atoms with Gasteiger partial charge in [-0.2, -0.15) is 5.10 Å². The van der Waals surface area contributed by atoms with Gasteiger partial charge in [0.15, 0.2) is 5.76 Å². The van der Waals surface area contributed by atoms with E-state index in [2.05, 4.69) is 15.4 Å². The Morgan fingerprint density at radius 2 is 1.92 bits per heavy atom. The van der Waals surface area contributed by atoms with Crippen LogP contribution in [0.2, 0.25) is 5.02 Å². The van der Waals surface area contributed by atoms with Gasteiger partial charge >= 0.3 is 0 Å². The number of pyridine rings is 1. The van der Waals surface area contributed by atoms with E-state index in [0.717, 1.165) is 17.0 Å². The van der Waals surface area contributed by atoms with Crippen molar-refractivity contribution in [2.75, 3.05) is 5.32 Å². The zero-order valence-electron chi connectivity index (χ0n) is 20.1. The van der Waals surface area contributed by atoms with E-state index < -0.39 is 23.9 Å². The number of furan rings is 1. The van der Waals surface area contributed by atoms with Crippen LogP contribution < -0.4 is 11.1 Å². The summed E-state index contributed by atoms with van der Waals surface area (Å²) in [6.07, 6.45) is -2.84. The number of thiophene rings is 1. The number of nitrogens with two attached hydrogens (primary N) is 1. The van der Waals surface area contributed by atoms with Crippen LogP contribution in [0.4, 0.5) is 14.5 Å². The van der Waals surface area contributed by atoms with Gasteiger partial charge in [0.1, 0.15) is 21.2 Å². The van der Waals surface area contributed by atoms with Crippen LogP contribution in [0.5, 0.6) is 0 Å². The Morgan fingerprint density at radius 1 is 1.18 bits per heavy atom. The zero-order valence-corrected chi connectivity index (χ0v) is 21.7. The fraction of sp³-hybridized carbons (Fsp3) is 0.154. The topological polar surface area (TPSA) is 116 Å². The fourth-order valence-electron chi connectivity index (χ4n) is 4.10. The van der Waals surface area contributed by atoms with Gasteiger partial charge in [0.2, 0.25) is 0 Å². The fourth-order valence-corrected chi connectivity index (χ4v) is 5.25. The number of hydrogen-bond acceptors (Lipinski definition) is 6. The van der Waals surface area contributed by atoms with Crippen molar-refractivity contribution >= 4 is 50.7 Å². The molecule has 8 nitrogen and oxygen atoms in total. The molecule has 0 aliphatic rings. The van der Waals surface area contributed by atoms with Crippen molar-refractivity contribution in [3.63, 3.8) is 0 Å². The second-order valence-corrected chi connectivity index (χ2v) is 9.85. The van der Waals surface area contributed by atoms with Gasteiger partial charge < -0.3 is 15.5 Å². The average molecular weight is 556 g/mol. The number of nitrogens with zero attached hydrogens (tertiary/aromatic N) is 3. The molecular weight excluding hydrogens is 536 g/mol. The maximum absolute atomic E-state index is 13.6. The number of fused-ring (bicyclic) bond motifs is 1. The van der Waals surface area contributed by atoms with Gasteiger partial charge in [-0.15, -0.1) is 11.3 Å². The largest absolute Gasteiger partial charge is 0.454 e. The van der Waals surface area contributed by atoms with E-state index in [1.54, 1.807) is 48.0 Å². The number of anilines is 1. The molecule has 3 N–H and O–H groups in total. The Kier molecular flexibility index (Phi) is 6.72. The number of hydrogen-bond donors (Lipinski definition) is 2. The van der Waals surface area contributed by atoms with Crippen LogP contribution in [0.25, 0.3) is 21.3 Å². The predicted molar refractivity (Wildman–Crippen MR) is 141 cm³/mol. The molecule has 0 fully saturated rings. The van der Waals surface area contributed by atoms with Gasteiger partial charge in [-0.25, -0.2) is 13.8 Å². The third-order valence-corrected chi connectivity index (χ3v) is 7.58. The molecule has 0 saturated heterocycles. The third kappa shape index (κ3) is 4.66. The molecule has 2 amide bonds. The van der Waals surface area contributed by atoms with Gasteiger partial charge in [0.05, 0.1) is 28.6 Å². The predicted octanol–water partition coefficient (Wildman–Crippen LogP) is 6.36. The lowest BCUT2D eigenvalue weighted by atomic mass is 10.0. The second kappa shape index (κ2) is 9.99. The number of carbonyl (C=O) groups is 2. The van der Waals surface area contributed by atoms with Crippen LogP contribution in [-0.4, -0.2) is 26.6 Å². The zero-order chi connectivity index (χ0) is 27.1. The van der Waals surface area contributed by atoms with E-state index in [1.807, 2.05) is 6.92 Å². The molecule has 0 aliphatic heterocycles. The molecule has 1 aromatic carbocycles. The monoisotopic (exact) mass is 555 g/mol. The van der Waals surface area contributed by atoms with E-state index >= 15 is 0 Å². The Balaban J connectivity index is 1.55. The van der Waals surface area contributed by atoms with Crippen LogP contribution in [0, 0.1) is 13.8 Å². The van der Waals surface area contributed by atoms with Gasteiger partial charge in [-0.1, -0.05) is 41.9 Å². The van der Waals surface area contributed by atoms with Crippen LogP contribution in [0.1, 0.15) is 49.5 Å². The molecule has 4 heterocycles. The molecule has 0 bridgehead atoms. The average Bonchev–Trinajstić information content (AvgIpc) is 3.58. The van der Waals surface area contributed by atoms with Crippen LogP contribution in [0.3, 0.4) is 0 Å². The number of carbonyl (C=O) groups excluding carboxylic acids is 2. The molecule has 4 aromatic heterocycles. The number of aryl methyl sites for hydroxylation is 1. The first-order valence-electron chi connectivity index (χ1n) is 11.3. The van der Waals surface area contributed by atoms with Crippen molar-refractivity contribution in [3.8, 4) is 11.1 Å².